The van der Waals surface area contributed by atoms with Crippen LogP contribution < -0.4 is 5.73 Å². The van der Waals surface area contributed by atoms with Gasteiger partial charge >= 0.3 is 12.1 Å². The van der Waals surface area contributed by atoms with Gasteiger partial charge in [0, 0.05) is 6.42 Å². The number of fused-ring (bicyclic) bond motifs is 1. The number of ether oxygens (including phenoxy) is 1. The van der Waals surface area contributed by atoms with Gasteiger partial charge in [0.15, 0.2) is 0 Å². The van der Waals surface area contributed by atoms with Crippen LogP contribution in [-0.2, 0) is 9.53 Å². The Kier molecular flexibility index (Phi) is 9.81. The van der Waals surface area contributed by atoms with E-state index in [1.165, 1.54) is 18.4 Å². The molecule has 0 aromatic carbocycles. The predicted molar refractivity (Wildman–Crippen MR) is 108 cm³/mol. The third kappa shape index (κ3) is 7.40. The first-order chi connectivity index (χ1) is 13.3. The molecule has 1 fully saturated rings. The van der Waals surface area contributed by atoms with E-state index < -0.39 is 12.2 Å². The van der Waals surface area contributed by atoms with Crippen molar-refractivity contribution in [1.82, 2.24) is 0 Å². The molecule has 1 saturated heterocycles. The Bertz CT molecular complexity index is 605. The second-order valence-electron chi connectivity index (χ2n) is 7.83. The Hall–Kier alpha value is -2.26. The number of carbonyl (C=O) groups excluding carboxylic acids is 1. The van der Waals surface area contributed by atoms with E-state index in [1.807, 2.05) is 0 Å². The minimum atomic E-state index is -1.33. The molecule has 0 radical (unpaired) electrons. The quantitative estimate of drug-likeness (QED) is 0.504. The van der Waals surface area contributed by atoms with Crippen LogP contribution in [0, 0.1) is 36.5 Å². The standard InChI is InChI=1S/C19H28O3.C2H2.CH3NO2/c1-12-3-7-18-14(9-12)5-4-13(2)17(18)8-6-16-10-15(20)11-19(21)22-16;1-2;2-1(3)4/h4-5,9,12-13,15-18,20H,3,6-8,10-11H2,1-2H3;1-2H;2H2,(H,3,4)/t12-,13?,15?,16-,17+,18+;;/m1../s1. The minimum absolute atomic E-state index is 0.0932. The molecule has 0 aromatic heterocycles. The van der Waals surface area contributed by atoms with Crippen molar-refractivity contribution in [3.63, 3.8) is 0 Å². The van der Waals surface area contributed by atoms with E-state index >= 15 is 0 Å². The van der Waals surface area contributed by atoms with Gasteiger partial charge in [0.2, 0.25) is 0 Å². The summed E-state index contributed by atoms with van der Waals surface area (Å²) in [5.41, 5.74) is 5.54. The number of allylic oxidation sites excluding steroid dienone is 4. The number of cyclic esters (lactones) is 1. The van der Waals surface area contributed by atoms with Crippen molar-refractivity contribution in [1.29, 1.82) is 0 Å². The lowest BCUT2D eigenvalue weighted by atomic mass is 9.66. The van der Waals surface area contributed by atoms with Crippen LogP contribution in [0.5, 0.6) is 0 Å². The average molecular weight is 392 g/mol. The van der Waals surface area contributed by atoms with Crippen LogP contribution in [0.15, 0.2) is 23.8 Å². The van der Waals surface area contributed by atoms with Crippen molar-refractivity contribution < 1.29 is 24.5 Å². The van der Waals surface area contributed by atoms with Crippen LogP contribution in [-0.4, -0.2) is 34.5 Å². The van der Waals surface area contributed by atoms with Crippen molar-refractivity contribution in [3.8, 4) is 12.8 Å². The summed E-state index contributed by atoms with van der Waals surface area (Å²) >= 11 is 0. The Morgan fingerprint density at radius 1 is 1.29 bits per heavy atom. The molecular weight excluding hydrogens is 358 g/mol. The van der Waals surface area contributed by atoms with Crippen LogP contribution in [0.1, 0.15) is 52.4 Å². The molecule has 6 atom stereocenters. The second-order valence-corrected chi connectivity index (χ2v) is 7.83. The highest BCUT2D eigenvalue weighted by Gasteiger charge is 2.34. The first-order valence-electron chi connectivity index (χ1n) is 9.85. The zero-order valence-electron chi connectivity index (χ0n) is 16.8. The maximum Gasteiger partial charge on any atom is 0.402 e. The van der Waals surface area contributed by atoms with Gasteiger partial charge in [0.05, 0.1) is 12.5 Å². The first-order valence-corrected chi connectivity index (χ1v) is 9.85. The van der Waals surface area contributed by atoms with E-state index in [2.05, 4.69) is 50.7 Å². The molecule has 0 aromatic rings. The fourth-order valence-corrected chi connectivity index (χ4v) is 4.44. The van der Waals surface area contributed by atoms with Gasteiger partial charge < -0.3 is 20.7 Å². The predicted octanol–water partition coefficient (Wildman–Crippen LogP) is 3.50. The summed E-state index contributed by atoms with van der Waals surface area (Å²) in [5.74, 6) is 2.34. The molecule has 4 N–H and O–H groups in total. The largest absolute Gasteiger partial charge is 0.465 e. The minimum Gasteiger partial charge on any atom is -0.465 e. The van der Waals surface area contributed by atoms with Gasteiger partial charge in [-0.05, 0) is 54.9 Å². The van der Waals surface area contributed by atoms with Crippen molar-refractivity contribution in [3.05, 3.63) is 23.8 Å². The Balaban J connectivity index is 0.000000583. The van der Waals surface area contributed by atoms with Gasteiger partial charge in [-0.2, -0.15) is 0 Å². The number of hydrogen-bond donors (Lipinski definition) is 3. The molecule has 0 spiro atoms. The number of aliphatic hydroxyl groups excluding tert-OH is 1. The number of carbonyl (C=O) groups is 2. The number of carboxylic acid groups (broad SMARTS) is 1. The fraction of sp³-hybridized carbons (Fsp3) is 0.636. The molecule has 0 bridgehead atoms. The van der Waals surface area contributed by atoms with Crippen LogP contribution in [0.25, 0.3) is 0 Å². The lowest BCUT2D eigenvalue weighted by Gasteiger charge is -2.39. The van der Waals surface area contributed by atoms with E-state index in [1.54, 1.807) is 0 Å². The zero-order valence-corrected chi connectivity index (χ0v) is 16.8. The molecule has 3 rings (SSSR count). The van der Waals surface area contributed by atoms with Gasteiger partial charge in [-0.1, -0.05) is 32.1 Å². The molecule has 6 heteroatoms. The number of rotatable bonds is 3. The topological polar surface area (TPSA) is 110 Å². The molecule has 1 aliphatic heterocycles. The van der Waals surface area contributed by atoms with Crippen LogP contribution in [0.4, 0.5) is 4.79 Å². The fourth-order valence-electron chi connectivity index (χ4n) is 4.44. The van der Waals surface area contributed by atoms with Crippen LogP contribution in [0.3, 0.4) is 0 Å². The summed E-state index contributed by atoms with van der Waals surface area (Å²) in [6.07, 6.45) is 18.4. The summed E-state index contributed by atoms with van der Waals surface area (Å²) in [7, 11) is 0. The van der Waals surface area contributed by atoms with E-state index in [4.69, 9.17) is 14.6 Å². The molecule has 1 heterocycles. The molecular formula is C22H33NO5. The lowest BCUT2D eigenvalue weighted by molar-refractivity contribution is -0.160. The normalized spacial score (nSPS) is 33.6. The first kappa shape index (κ1) is 23.8. The van der Waals surface area contributed by atoms with Crippen LogP contribution >= 0.6 is 0 Å². The highest BCUT2D eigenvalue weighted by molar-refractivity contribution is 5.70. The summed E-state index contributed by atoms with van der Waals surface area (Å²) in [6, 6.07) is 0. The van der Waals surface area contributed by atoms with E-state index in [0.717, 1.165) is 12.8 Å². The van der Waals surface area contributed by atoms with Crippen molar-refractivity contribution in [2.45, 2.75) is 64.6 Å². The maximum atomic E-state index is 11.5. The van der Waals surface area contributed by atoms with Gasteiger partial charge in [-0.3, -0.25) is 4.79 Å². The van der Waals surface area contributed by atoms with Gasteiger partial charge in [-0.25, -0.2) is 4.79 Å². The Labute approximate surface area is 167 Å². The third-order valence-corrected chi connectivity index (χ3v) is 5.68. The number of amides is 1. The van der Waals surface area contributed by atoms with E-state index in [9.17, 15) is 9.90 Å². The Morgan fingerprint density at radius 3 is 2.54 bits per heavy atom. The van der Waals surface area contributed by atoms with Gasteiger partial charge in [0.25, 0.3) is 0 Å². The Morgan fingerprint density at radius 2 is 1.93 bits per heavy atom. The maximum absolute atomic E-state index is 11.5. The molecule has 28 heavy (non-hydrogen) atoms. The number of hydrogen-bond acceptors (Lipinski definition) is 4. The smallest absolute Gasteiger partial charge is 0.402 e. The molecule has 0 saturated carbocycles. The lowest BCUT2D eigenvalue weighted by Crippen LogP contribution is -2.34. The van der Waals surface area contributed by atoms with Crippen molar-refractivity contribution in [2.75, 3.05) is 0 Å². The monoisotopic (exact) mass is 391 g/mol. The summed E-state index contributed by atoms with van der Waals surface area (Å²) in [6.45, 7) is 4.60. The summed E-state index contributed by atoms with van der Waals surface area (Å²) in [4.78, 5) is 20.2. The van der Waals surface area contributed by atoms with Gasteiger partial charge in [-0.15, -0.1) is 12.8 Å². The number of esters is 1. The number of aliphatic hydroxyl groups is 1. The second kappa shape index (κ2) is 11.6. The van der Waals surface area contributed by atoms with E-state index in [-0.39, 0.29) is 18.5 Å². The molecule has 2 aliphatic carbocycles. The molecule has 2 unspecified atom stereocenters. The number of terminal acetylenes is 1. The van der Waals surface area contributed by atoms with Crippen molar-refractivity contribution >= 4 is 12.1 Å². The highest BCUT2D eigenvalue weighted by atomic mass is 16.5. The van der Waals surface area contributed by atoms with Crippen LogP contribution in [0.2, 0.25) is 0 Å². The number of nitrogens with two attached hydrogens (primary N) is 1. The van der Waals surface area contributed by atoms with Gasteiger partial charge in [0.1, 0.15) is 6.10 Å². The highest BCUT2D eigenvalue weighted by Crippen LogP contribution is 2.43. The molecule has 1 amide bonds. The van der Waals surface area contributed by atoms with E-state index in [0.29, 0.717) is 30.1 Å². The summed E-state index contributed by atoms with van der Waals surface area (Å²) < 4.78 is 5.40. The zero-order chi connectivity index (χ0) is 21.3. The average Bonchev–Trinajstić information content (AvgIpc) is 2.61. The van der Waals surface area contributed by atoms with Crippen molar-refractivity contribution in [2.24, 2.45) is 29.4 Å². The number of primary amides is 1. The molecule has 3 aliphatic rings. The molecule has 156 valence electrons. The summed E-state index contributed by atoms with van der Waals surface area (Å²) in [5, 5.41) is 16.9. The third-order valence-electron chi connectivity index (χ3n) is 5.68. The molecule has 6 nitrogen and oxygen atoms in total. The SMILES string of the molecule is C#C.CC1C=CC2=C[C@H](C)CC[C@@H]2[C@H]1CC[C@@H]1CC(O)CC(=O)O1.NC(=O)O.